The molecule has 2 aromatic rings. The molecule has 0 bridgehead atoms. The first kappa shape index (κ1) is 20.8. The lowest BCUT2D eigenvalue weighted by atomic mass is 10.2. The number of amides is 1. The van der Waals surface area contributed by atoms with Gasteiger partial charge in [-0.05, 0) is 19.1 Å². The highest BCUT2D eigenvalue weighted by atomic mass is 35.5. The molecule has 0 aliphatic carbocycles. The number of nitrogens with zero attached hydrogens (tertiary/aromatic N) is 5. The van der Waals surface area contributed by atoms with E-state index in [9.17, 15) is 4.79 Å². The van der Waals surface area contributed by atoms with Crippen molar-refractivity contribution in [2.24, 2.45) is 10.7 Å². The number of amidine groups is 1. The molecule has 1 aromatic heterocycles. The molecule has 1 amide bonds. The second kappa shape index (κ2) is 9.49. The number of piperazine rings is 1. The molecule has 9 heteroatoms. The summed E-state index contributed by atoms with van der Waals surface area (Å²) in [5.74, 6) is 0.913. The molecule has 0 saturated carbocycles. The number of aromatic nitrogens is 2. The third-order valence-corrected chi connectivity index (χ3v) is 4.87. The first-order valence-electron chi connectivity index (χ1n) is 9.28. The molecule has 1 aliphatic heterocycles. The molecular weight excluding hydrogens is 390 g/mol. The van der Waals surface area contributed by atoms with Gasteiger partial charge in [-0.1, -0.05) is 29.8 Å². The van der Waals surface area contributed by atoms with Crippen LogP contribution in [-0.2, 0) is 4.79 Å². The highest BCUT2D eigenvalue weighted by Crippen LogP contribution is 2.28. The highest BCUT2D eigenvalue weighted by Gasteiger charge is 2.26. The van der Waals surface area contributed by atoms with Gasteiger partial charge in [0.25, 0.3) is 0 Å². The van der Waals surface area contributed by atoms with Crippen molar-refractivity contribution in [3.63, 3.8) is 0 Å². The maximum Gasteiger partial charge on any atom is 0.236 e. The normalized spacial score (nSPS) is 17.6. The first-order valence-corrected chi connectivity index (χ1v) is 9.66. The van der Waals surface area contributed by atoms with Crippen LogP contribution < -0.4 is 16.0 Å². The number of nitrogens with two attached hydrogens (primary N) is 1. The van der Waals surface area contributed by atoms with Gasteiger partial charge in [0, 0.05) is 38.4 Å². The van der Waals surface area contributed by atoms with Crippen LogP contribution in [0, 0.1) is 0 Å². The Balaban J connectivity index is 2.05. The third-order valence-electron chi connectivity index (χ3n) is 4.54. The molecule has 29 heavy (non-hydrogen) atoms. The Hall–Kier alpha value is -2.97. The minimum Gasteiger partial charge on any atom is -0.368 e. The van der Waals surface area contributed by atoms with Crippen LogP contribution in [0.25, 0.3) is 0 Å². The summed E-state index contributed by atoms with van der Waals surface area (Å²) in [6, 6.07) is 7.09. The molecular formula is C20H24ClN7O. The molecule has 152 valence electrons. The Labute approximate surface area is 175 Å². The van der Waals surface area contributed by atoms with E-state index >= 15 is 0 Å². The van der Waals surface area contributed by atoms with Gasteiger partial charge < -0.3 is 20.9 Å². The van der Waals surface area contributed by atoms with Crippen LogP contribution in [0.3, 0.4) is 0 Å². The van der Waals surface area contributed by atoms with E-state index in [0.29, 0.717) is 42.0 Å². The predicted octanol–water partition coefficient (Wildman–Crippen LogP) is 1.94. The van der Waals surface area contributed by atoms with Crippen molar-refractivity contribution in [1.29, 1.82) is 0 Å². The summed E-state index contributed by atoms with van der Waals surface area (Å²) in [4.78, 5) is 28.9. The number of benzene rings is 1. The van der Waals surface area contributed by atoms with Gasteiger partial charge in [0.15, 0.2) is 5.82 Å². The fourth-order valence-corrected chi connectivity index (χ4v) is 3.37. The molecule has 1 aliphatic rings. The van der Waals surface area contributed by atoms with Crippen molar-refractivity contribution in [2.45, 2.75) is 13.0 Å². The van der Waals surface area contributed by atoms with E-state index in [1.54, 1.807) is 6.20 Å². The monoisotopic (exact) mass is 413 g/mol. The lowest BCUT2D eigenvalue weighted by Crippen LogP contribution is -2.56. The van der Waals surface area contributed by atoms with Crippen molar-refractivity contribution in [2.75, 3.05) is 31.6 Å². The average molecular weight is 414 g/mol. The van der Waals surface area contributed by atoms with Crippen LogP contribution in [0.4, 0.5) is 11.5 Å². The minimum atomic E-state index is -0.440. The summed E-state index contributed by atoms with van der Waals surface area (Å²) >= 11 is 6.44. The Kier molecular flexibility index (Phi) is 6.79. The van der Waals surface area contributed by atoms with Gasteiger partial charge in [0.05, 0.1) is 11.2 Å². The maximum atomic E-state index is 11.6. The van der Waals surface area contributed by atoms with E-state index in [1.165, 1.54) is 6.33 Å². The third kappa shape index (κ3) is 4.90. The quantitative estimate of drug-likeness (QED) is 0.574. The van der Waals surface area contributed by atoms with Crippen LogP contribution in [0.15, 0.2) is 54.1 Å². The van der Waals surface area contributed by atoms with Crippen molar-refractivity contribution >= 4 is 34.8 Å². The molecule has 0 spiro atoms. The molecule has 2 heterocycles. The summed E-state index contributed by atoms with van der Waals surface area (Å²) in [6.45, 7) is 3.65. The Morgan fingerprint density at radius 3 is 2.97 bits per heavy atom. The van der Waals surface area contributed by atoms with Gasteiger partial charge >= 0.3 is 0 Å². The van der Waals surface area contributed by atoms with Gasteiger partial charge in [-0.3, -0.25) is 4.79 Å². The second-order valence-corrected chi connectivity index (χ2v) is 7.00. The number of allylic oxidation sites excluding steroid dienone is 1. The number of rotatable bonds is 5. The van der Waals surface area contributed by atoms with E-state index < -0.39 is 11.9 Å². The summed E-state index contributed by atoms with van der Waals surface area (Å²) in [7, 11) is 1.90. The van der Waals surface area contributed by atoms with Crippen molar-refractivity contribution in [3.05, 3.63) is 59.7 Å². The largest absolute Gasteiger partial charge is 0.368 e. The number of carbonyl (C=O) groups excluding carboxylic acids is 1. The second-order valence-electron chi connectivity index (χ2n) is 6.60. The van der Waals surface area contributed by atoms with Crippen LogP contribution in [0.5, 0.6) is 0 Å². The number of hydrogen-bond donors (Lipinski definition) is 2. The summed E-state index contributed by atoms with van der Waals surface area (Å²) < 4.78 is 0. The molecule has 1 atom stereocenters. The zero-order chi connectivity index (χ0) is 20.8. The Morgan fingerprint density at radius 2 is 2.24 bits per heavy atom. The van der Waals surface area contributed by atoms with E-state index in [1.807, 2.05) is 60.3 Å². The number of aliphatic imine (C=N–C) groups is 1. The van der Waals surface area contributed by atoms with Crippen LogP contribution >= 0.6 is 11.6 Å². The van der Waals surface area contributed by atoms with E-state index in [4.69, 9.17) is 22.3 Å². The average Bonchev–Trinajstić information content (AvgIpc) is 2.73. The summed E-state index contributed by atoms with van der Waals surface area (Å²) in [5, 5.41) is 3.71. The maximum absolute atomic E-state index is 11.6. The van der Waals surface area contributed by atoms with Crippen molar-refractivity contribution < 1.29 is 4.79 Å². The van der Waals surface area contributed by atoms with Crippen LogP contribution in [0.1, 0.15) is 12.5 Å². The van der Waals surface area contributed by atoms with Gasteiger partial charge in [-0.15, -0.1) is 0 Å². The number of hydrogen-bond acceptors (Lipinski definition) is 6. The number of carbonyl (C=O) groups is 1. The molecule has 1 unspecified atom stereocenters. The fraction of sp³-hybridized carbons (Fsp3) is 0.300. The number of anilines is 1. The van der Waals surface area contributed by atoms with Crippen LogP contribution in [-0.4, -0.2) is 59.3 Å². The lowest BCUT2D eigenvalue weighted by Gasteiger charge is -2.33. The zero-order valence-electron chi connectivity index (χ0n) is 16.4. The molecule has 1 saturated heterocycles. The Bertz CT molecular complexity index is 931. The molecule has 8 nitrogen and oxygen atoms in total. The lowest BCUT2D eigenvalue weighted by molar-refractivity contribution is -0.120. The van der Waals surface area contributed by atoms with Crippen molar-refractivity contribution in [1.82, 2.24) is 20.2 Å². The van der Waals surface area contributed by atoms with Crippen LogP contribution in [0.2, 0.25) is 5.02 Å². The number of halogens is 1. The zero-order valence-corrected chi connectivity index (χ0v) is 17.2. The van der Waals surface area contributed by atoms with Crippen molar-refractivity contribution in [3.8, 4) is 0 Å². The topological polar surface area (TPSA) is 99.7 Å². The minimum absolute atomic E-state index is 0.390. The predicted molar refractivity (Wildman–Crippen MR) is 115 cm³/mol. The van der Waals surface area contributed by atoms with Gasteiger partial charge in [0.1, 0.15) is 23.9 Å². The van der Waals surface area contributed by atoms with E-state index in [-0.39, 0.29) is 0 Å². The molecule has 1 fully saturated rings. The number of nitrogens with one attached hydrogen (secondary N) is 1. The number of primary amides is 1. The van der Waals surface area contributed by atoms with Gasteiger partial charge in [-0.25, -0.2) is 15.0 Å². The van der Waals surface area contributed by atoms with E-state index in [2.05, 4.69) is 15.3 Å². The Morgan fingerprint density at radius 1 is 1.45 bits per heavy atom. The molecule has 1 aromatic carbocycles. The SMILES string of the molecule is C/C=C/N(C)C(=Nc1cncnc1N1CCNC(C(N)=O)C1)c1ccccc1Cl. The summed E-state index contributed by atoms with van der Waals surface area (Å²) in [5.41, 5.74) is 6.85. The smallest absolute Gasteiger partial charge is 0.236 e. The molecule has 3 rings (SSSR count). The van der Waals surface area contributed by atoms with Gasteiger partial charge in [0.2, 0.25) is 5.91 Å². The molecule has 3 N–H and O–H groups in total. The fourth-order valence-electron chi connectivity index (χ4n) is 3.15. The molecule has 0 radical (unpaired) electrons. The standard InChI is InChI=1S/C20H24ClN7O/c1-3-9-27(2)19(14-6-4-5-7-15(14)21)26-16-11-23-13-25-20(16)28-10-8-24-17(12-28)18(22)29/h3-7,9,11,13,17,24H,8,10,12H2,1-2H3,(H2,22,29)/b9-3+,26-19?. The first-order chi connectivity index (χ1) is 14.0. The van der Waals surface area contributed by atoms with E-state index in [0.717, 1.165) is 5.56 Å². The summed E-state index contributed by atoms with van der Waals surface area (Å²) in [6.07, 6.45) is 6.95. The van der Waals surface area contributed by atoms with Gasteiger partial charge in [-0.2, -0.15) is 0 Å². The highest BCUT2D eigenvalue weighted by molar-refractivity contribution is 6.34.